The number of hydrogen-bond donors (Lipinski definition) is 1. The highest BCUT2D eigenvalue weighted by atomic mass is 35.5. The average Bonchev–Trinajstić information content (AvgIpc) is 3.50. The van der Waals surface area contributed by atoms with Gasteiger partial charge in [0.15, 0.2) is 0 Å². The molecule has 7 heteroatoms. The quantitative estimate of drug-likeness (QED) is 0.313. The summed E-state index contributed by atoms with van der Waals surface area (Å²) in [7, 11) is 0. The fourth-order valence-corrected chi connectivity index (χ4v) is 5.01. The maximum absolute atomic E-state index is 6.32. The number of anilines is 1. The molecule has 0 radical (unpaired) electrons. The van der Waals surface area contributed by atoms with Crippen molar-refractivity contribution < 1.29 is 4.42 Å². The van der Waals surface area contributed by atoms with Gasteiger partial charge in [-0.3, -0.25) is 0 Å². The zero-order valence-corrected chi connectivity index (χ0v) is 20.4. The Balaban J connectivity index is 1.55. The van der Waals surface area contributed by atoms with E-state index in [0.29, 0.717) is 23.2 Å². The average molecular weight is 474 g/mol. The van der Waals surface area contributed by atoms with E-state index < -0.39 is 5.41 Å². The van der Waals surface area contributed by atoms with Gasteiger partial charge in [0, 0.05) is 5.02 Å². The molecule has 0 fully saturated rings. The van der Waals surface area contributed by atoms with E-state index >= 15 is 0 Å². The van der Waals surface area contributed by atoms with Gasteiger partial charge in [0.25, 0.3) is 5.89 Å². The molecule has 1 N–H and O–H groups in total. The predicted octanol–water partition coefficient (Wildman–Crippen LogP) is 6.76. The minimum absolute atomic E-state index is 0.151. The summed E-state index contributed by atoms with van der Waals surface area (Å²) < 4.78 is 8.33. The van der Waals surface area contributed by atoms with Crippen molar-refractivity contribution >= 4 is 17.4 Å². The third-order valence-corrected chi connectivity index (χ3v) is 7.11. The molecule has 6 nitrogen and oxygen atoms in total. The van der Waals surface area contributed by atoms with Crippen LogP contribution in [0.1, 0.15) is 56.7 Å². The second-order valence-electron chi connectivity index (χ2n) is 9.39. The highest BCUT2D eigenvalue weighted by Gasteiger charge is 2.38. The van der Waals surface area contributed by atoms with Gasteiger partial charge in [-0.05, 0) is 49.9 Å². The normalized spacial score (nSPS) is 18.5. The van der Waals surface area contributed by atoms with Crippen LogP contribution in [0.4, 0.5) is 5.82 Å². The fraction of sp³-hybridized carbons (Fsp3) is 0.296. The van der Waals surface area contributed by atoms with Gasteiger partial charge < -0.3 is 9.73 Å². The van der Waals surface area contributed by atoms with Gasteiger partial charge in [-0.2, -0.15) is 5.10 Å². The van der Waals surface area contributed by atoms with Crippen LogP contribution in [0.25, 0.3) is 11.5 Å². The van der Waals surface area contributed by atoms with Gasteiger partial charge in [0.05, 0.1) is 23.2 Å². The van der Waals surface area contributed by atoms with Crippen LogP contribution in [0, 0.1) is 0 Å². The molecule has 2 atom stereocenters. The standard InChI is InChI=1S/C27H28ClN5O/c1-5-27(6-2,19-12-14-20(28)15-13-19)25-32-31-24(34-25)21-17-29-33-23(21)30-22(16-26(33,3)4)18-10-8-7-9-11-18/h5,7-15,17,22,30H,1,6,16H2,2-4H3. The number of hydrogen-bond acceptors (Lipinski definition) is 5. The van der Waals surface area contributed by atoms with Crippen molar-refractivity contribution in [3.8, 4) is 11.5 Å². The number of fused-ring (bicyclic) bond motifs is 1. The van der Waals surface area contributed by atoms with E-state index in [9.17, 15) is 0 Å². The second kappa shape index (κ2) is 8.44. The van der Waals surface area contributed by atoms with E-state index in [0.717, 1.165) is 23.4 Å². The van der Waals surface area contributed by atoms with Crippen LogP contribution in [0.3, 0.4) is 0 Å². The first kappa shape index (κ1) is 22.4. The first-order valence-electron chi connectivity index (χ1n) is 11.5. The largest absolute Gasteiger partial charge is 0.419 e. The minimum atomic E-state index is -0.609. The van der Waals surface area contributed by atoms with Gasteiger partial charge in [-0.1, -0.05) is 67.1 Å². The Labute approximate surface area is 204 Å². The molecule has 0 aliphatic carbocycles. The Bertz CT molecular complexity index is 1310. The molecule has 0 spiro atoms. The lowest BCUT2D eigenvalue weighted by Gasteiger charge is -2.38. The van der Waals surface area contributed by atoms with Gasteiger partial charge >= 0.3 is 0 Å². The molecule has 2 unspecified atom stereocenters. The lowest BCUT2D eigenvalue weighted by Crippen LogP contribution is -2.37. The number of aromatic nitrogens is 4. The Morgan fingerprint density at radius 1 is 1.18 bits per heavy atom. The second-order valence-corrected chi connectivity index (χ2v) is 9.83. The molecular weight excluding hydrogens is 446 g/mol. The Morgan fingerprint density at radius 3 is 2.59 bits per heavy atom. The molecule has 2 aromatic heterocycles. The summed E-state index contributed by atoms with van der Waals surface area (Å²) in [4.78, 5) is 0. The number of nitrogens with zero attached hydrogens (tertiary/aromatic N) is 4. The van der Waals surface area contributed by atoms with Crippen LogP contribution < -0.4 is 5.32 Å². The molecule has 1 aliphatic rings. The third-order valence-electron chi connectivity index (χ3n) is 6.86. The lowest BCUT2D eigenvalue weighted by atomic mass is 9.78. The Hall–Kier alpha value is -3.38. The smallest absolute Gasteiger partial charge is 0.253 e. The molecule has 0 amide bonds. The van der Waals surface area contributed by atoms with Crippen LogP contribution in [0.2, 0.25) is 5.02 Å². The van der Waals surface area contributed by atoms with Crippen LogP contribution in [0.5, 0.6) is 0 Å². The van der Waals surface area contributed by atoms with Crippen molar-refractivity contribution in [3.05, 3.63) is 95.5 Å². The highest BCUT2D eigenvalue weighted by molar-refractivity contribution is 6.30. The predicted molar refractivity (Wildman–Crippen MR) is 135 cm³/mol. The van der Waals surface area contributed by atoms with Gasteiger partial charge in [0.1, 0.15) is 11.4 Å². The van der Waals surface area contributed by atoms with Gasteiger partial charge in [-0.15, -0.1) is 16.8 Å². The molecule has 174 valence electrons. The van der Waals surface area contributed by atoms with Crippen molar-refractivity contribution in [1.29, 1.82) is 0 Å². The molecule has 5 rings (SSSR count). The topological polar surface area (TPSA) is 68.8 Å². The molecule has 34 heavy (non-hydrogen) atoms. The van der Waals surface area contributed by atoms with Crippen LogP contribution >= 0.6 is 11.6 Å². The fourth-order valence-electron chi connectivity index (χ4n) is 4.88. The maximum atomic E-state index is 6.32. The van der Waals surface area contributed by atoms with Crippen molar-refractivity contribution in [2.45, 2.75) is 50.6 Å². The van der Waals surface area contributed by atoms with Crippen molar-refractivity contribution in [2.24, 2.45) is 0 Å². The van der Waals surface area contributed by atoms with Crippen molar-refractivity contribution in [1.82, 2.24) is 20.0 Å². The van der Waals surface area contributed by atoms with E-state index in [1.54, 1.807) is 6.20 Å². The van der Waals surface area contributed by atoms with E-state index in [-0.39, 0.29) is 11.6 Å². The van der Waals surface area contributed by atoms with Gasteiger partial charge in [0.2, 0.25) is 5.89 Å². The zero-order valence-electron chi connectivity index (χ0n) is 19.6. The highest BCUT2D eigenvalue weighted by Crippen LogP contribution is 2.43. The maximum Gasteiger partial charge on any atom is 0.253 e. The molecule has 3 heterocycles. The Kier molecular flexibility index (Phi) is 5.56. The summed E-state index contributed by atoms with van der Waals surface area (Å²) in [6.45, 7) is 10.6. The van der Waals surface area contributed by atoms with E-state index in [2.05, 4.69) is 72.2 Å². The summed E-state index contributed by atoms with van der Waals surface area (Å²) in [5, 5.41) is 17.9. The third kappa shape index (κ3) is 3.62. The number of halogens is 1. The summed E-state index contributed by atoms with van der Waals surface area (Å²) in [6.07, 6.45) is 5.30. The van der Waals surface area contributed by atoms with Gasteiger partial charge in [-0.25, -0.2) is 4.68 Å². The van der Waals surface area contributed by atoms with E-state index in [1.165, 1.54) is 5.56 Å². The minimum Gasteiger partial charge on any atom is -0.419 e. The molecule has 4 aromatic rings. The monoisotopic (exact) mass is 473 g/mol. The molecule has 0 saturated carbocycles. The molecular formula is C27H28ClN5O. The molecule has 0 bridgehead atoms. The summed E-state index contributed by atoms with van der Waals surface area (Å²) in [6, 6.07) is 18.3. The van der Waals surface area contributed by atoms with Crippen LogP contribution in [0.15, 0.2) is 77.9 Å². The van der Waals surface area contributed by atoms with Crippen LogP contribution in [-0.4, -0.2) is 20.0 Å². The first-order valence-corrected chi connectivity index (χ1v) is 11.9. The summed E-state index contributed by atoms with van der Waals surface area (Å²) >= 11 is 6.12. The number of benzene rings is 2. The Morgan fingerprint density at radius 2 is 1.91 bits per heavy atom. The number of nitrogens with one attached hydrogen (secondary N) is 1. The summed E-state index contributed by atoms with van der Waals surface area (Å²) in [5.74, 6) is 1.81. The zero-order chi connectivity index (χ0) is 23.9. The molecule has 0 saturated heterocycles. The lowest BCUT2D eigenvalue weighted by molar-refractivity contribution is 0.263. The van der Waals surface area contributed by atoms with Crippen molar-refractivity contribution in [2.75, 3.05) is 5.32 Å². The number of rotatable bonds is 6. The number of allylic oxidation sites excluding steroid dienone is 1. The van der Waals surface area contributed by atoms with E-state index in [1.807, 2.05) is 41.1 Å². The van der Waals surface area contributed by atoms with Crippen LogP contribution in [-0.2, 0) is 11.0 Å². The summed E-state index contributed by atoms with van der Waals surface area (Å²) in [5.41, 5.74) is 2.24. The SMILES string of the molecule is C=CC(CC)(c1ccc(Cl)cc1)c1nnc(-c2cnn3c2NC(c2ccccc2)CC3(C)C)o1. The first-order chi connectivity index (χ1) is 16.4. The molecule has 2 aromatic carbocycles. The van der Waals surface area contributed by atoms with Crippen molar-refractivity contribution in [3.63, 3.8) is 0 Å². The van der Waals surface area contributed by atoms with E-state index in [4.69, 9.17) is 16.0 Å². The molecule has 1 aliphatic heterocycles.